The minimum atomic E-state index is -0.0826. The summed E-state index contributed by atoms with van der Waals surface area (Å²) in [6.07, 6.45) is 2.42. The molecule has 2 heterocycles. The Balaban J connectivity index is 1.47. The number of hydrogen-bond acceptors (Lipinski definition) is 5. The minimum Gasteiger partial charge on any atom is -0.497 e. The van der Waals surface area contributed by atoms with Crippen LogP contribution in [0.25, 0.3) is 0 Å². The van der Waals surface area contributed by atoms with E-state index in [0.717, 1.165) is 17.7 Å². The van der Waals surface area contributed by atoms with Crippen LogP contribution in [0.15, 0.2) is 36.5 Å². The topological polar surface area (TPSA) is 76.6 Å². The second-order valence-electron chi connectivity index (χ2n) is 5.92. The third-order valence-electron chi connectivity index (χ3n) is 4.07. The Hall–Kier alpha value is -2.83. The molecule has 7 nitrogen and oxygen atoms in total. The average molecular weight is 342 g/mol. The molecule has 0 aliphatic carbocycles. The van der Waals surface area contributed by atoms with Gasteiger partial charge in [-0.3, -0.25) is 0 Å². The van der Waals surface area contributed by atoms with Gasteiger partial charge in [0.2, 0.25) is 5.88 Å². The highest BCUT2D eigenvalue weighted by atomic mass is 16.5. The highest BCUT2D eigenvalue weighted by Crippen LogP contribution is 2.17. The lowest BCUT2D eigenvalue weighted by molar-refractivity contribution is 0.182. The number of aromatic nitrogens is 2. The van der Waals surface area contributed by atoms with Crippen molar-refractivity contribution in [2.45, 2.75) is 26.0 Å². The lowest BCUT2D eigenvalue weighted by atomic mass is 10.2. The molecule has 3 rings (SSSR count). The molecule has 132 valence electrons. The van der Waals surface area contributed by atoms with Crippen LogP contribution in [-0.2, 0) is 6.54 Å². The van der Waals surface area contributed by atoms with Crippen LogP contribution in [0, 0.1) is 6.92 Å². The zero-order valence-corrected chi connectivity index (χ0v) is 14.4. The second kappa shape index (κ2) is 7.83. The van der Waals surface area contributed by atoms with Gasteiger partial charge in [0.15, 0.2) is 0 Å². The molecule has 2 amide bonds. The zero-order valence-electron chi connectivity index (χ0n) is 14.4. The molecule has 1 aromatic carbocycles. The molecule has 1 aliphatic heterocycles. The number of methoxy groups -OCH3 is 1. The molecular formula is C18H22N4O3. The first-order valence-electron chi connectivity index (χ1n) is 8.26. The van der Waals surface area contributed by atoms with Crippen molar-refractivity contribution < 1.29 is 14.3 Å². The van der Waals surface area contributed by atoms with Crippen LogP contribution in [0.3, 0.4) is 0 Å². The Labute approximate surface area is 147 Å². The van der Waals surface area contributed by atoms with E-state index >= 15 is 0 Å². The van der Waals surface area contributed by atoms with Crippen LogP contribution >= 0.6 is 0 Å². The molecule has 7 heteroatoms. The van der Waals surface area contributed by atoms with Crippen molar-refractivity contribution in [2.75, 3.05) is 20.2 Å². The molecule has 1 N–H and O–H groups in total. The van der Waals surface area contributed by atoms with E-state index in [1.165, 1.54) is 0 Å². The van der Waals surface area contributed by atoms with E-state index in [0.29, 0.717) is 31.3 Å². The predicted octanol–water partition coefficient (Wildman–Crippen LogP) is 2.16. The van der Waals surface area contributed by atoms with Gasteiger partial charge in [0, 0.05) is 31.8 Å². The summed E-state index contributed by atoms with van der Waals surface area (Å²) >= 11 is 0. The van der Waals surface area contributed by atoms with Crippen molar-refractivity contribution in [1.82, 2.24) is 20.2 Å². The largest absolute Gasteiger partial charge is 0.497 e. The zero-order chi connectivity index (χ0) is 17.6. The summed E-state index contributed by atoms with van der Waals surface area (Å²) in [6, 6.07) is 9.29. The first-order valence-corrected chi connectivity index (χ1v) is 8.26. The van der Waals surface area contributed by atoms with Crippen LogP contribution in [0.4, 0.5) is 4.79 Å². The number of nitrogens with one attached hydrogen (secondary N) is 1. The number of amides is 2. The molecule has 1 saturated heterocycles. The molecule has 0 spiro atoms. The molecule has 0 bridgehead atoms. The minimum absolute atomic E-state index is 0.0407. The van der Waals surface area contributed by atoms with Gasteiger partial charge in [0.25, 0.3) is 0 Å². The van der Waals surface area contributed by atoms with Gasteiger partial charge in [0.05, 0.1) is 13.7 Å². The smallest absolute Gasteiger partial charge is 0.317 e. The summed E-state index contributed by atoms with van der Waals surface area (Å²) in [5, 5.41) is 2.94. The molecule has 25 heavy (non-hydrogen) atoms. The van der Waals surface area contributed by atoms with E-state index in [1.54, 1.807) is 24.3 Å². The average Bonchev–Trinajstić information content (AvgIpc) is 3.08. The standard InChI is InChI=1S/C18H22N4O3/c1-13-19-9-7-17(21-13)25-16-8-10-22(12-16)18(23)20-11-14-3-5-15(24-2)6-4-14/h3-7,9,16H,8,10-12H2,1-2H3,(H,20,23). The third-order valence-corrected chi connectivity index (χ3v) is 4.07. The van der Waals surface area contributed by atoms with Gasteiger partial charge in [-0.25, -0.2) is 9.78 Å². The maximum atomic E-state index is 12.3. The number of carbonyl (C=O) groups is 1. The number of rotatable bonds is 5. The molecule has 1 fully saturated rings. The van der Waals surface area contributed by atoms with Crippen molar-refractivity contribution >= 4 is 6.03 Å². The molecule has 0 radical (unpaired) electrons. The van der Waals surface area contributed by atoms with E-state index < -0.39 is 0 Å². The fourth-order valence-corrected chi connectivity index (χ4v) is 2.71. The summed E-state index contributed by atoms with van der Waals surface area (Å²) in [4.78, 5) is 22.4. The number of urea groups is 1. The highest BCUT2D eigenvalue weighted by Gasteiger charge is 2.27. The number of hydrogen-bond donors (Lipinski definition) is 1. The van der Waals surface area contributed by atoms with Crippen LogP contribution in [0.1, 0.15) is 17.8 Å². The number of benzene rings is 1. The summed E-state index contributed by atoms with van der Waals surface area (Å²) in [6.45, 7) is 3.52. The van der Waals surface area contributed by atoms with E-state index in [-0.39, 0.29) is 12.1 Å². The lowest BCUT2D eigenvalue weighted by Gasteiger charge is -2.18. The van der Waals surface area contributed by atoms with E-state index in [9.17, 15) is 4.79 Å². The normalized spacial score (nSPS) is 16.6. The van der Waals surface area contributed by atoms with Gasteiger partial charge in [0.1, 0.15) is 17.7 Å². The first kappa shape index (κ1) is 17.0. The maximum Gasteiger partial charge on any atom is 0.317 e. The summed E-state index contributed by atoms with van der Waals surface area (Å²) < 4.78 is 11.0. The Bertz CT molecular complexity index is 721. The SMILES string of the molecule is COc1ccc(CNC(=O)N2CCC(Oc3ccnc(C)n3)C2)cc1. The molecule has 2 aromatic rings. The number of aryl methyl sites for hydroxylation is 1. The first-order chi connectivity index (χ1) is 12.1. The summed E-state index contributed by atoms with van der Waals surface area (Å²) in [5.74, 6) is 2.03. The molecular weight excluding hydrogens is 320 g/mol. The Morgan fingerprint density at radius 1 is 1.32 bits per heavy atom. The van der Waals surface area contributed by atoms with E-state index in [4.69, 9.17) is 9.47 Å². The molecule has 1 atom stereocenters. The van der Waals surface area contributed by atoms with Crippen LogP contribution in [0.5, 0.6) is 11.6 Å². The number of ether oxygens (including phenoxy) is 2. The van der Waals surface area contributed by atoms with Crippen molar-refractivity contribution in [3.8, 4) is 11.6 Å². The lowest BCUT2D eigenvalue weighted by Crippen LogP contribution is -2.39. The molecule has 0 saturated carbocycles. The Morgan fingerprint density at radius 2 is 2.12 bits per heavy atom. The van der Waals surface area contributed by atoms with Crippen molar-refractivity contribution in [3.05, 3.63) is 47.9 Å². The number of carbonyl (C=O) groups excluding carboxylic acids is 1. The third kappa shape index (κ3) is 4.59. The fraction of sp³-hybridized carbons (Fsp3) is 0.389. The molecule has 1 unspecified atom stereocenters. The molecule has 1 aliphatic rings. The highest BCUT2D eigenvalue weighted by molar-refractivity contribution is 5.74. The van der Waals surface area contributed by atoms with Gasteiger partial charge >= 0.3 is 6.03 Å². The predicted molar refractivity (Wildman–Crippen MR) is 92.6 cm³/mol. The van der Waals surface area contributed by atoms with Gasteiger partial charge in [-0.05, 0) is 24.6 Å². The monoisotopic (exact) mass is 342 g/mol. The van der Waals surface area contributed by atoms with Crippen LogP contribution in [-0.4, -0.2) is 47.2 Å². The summed E-state index contributed by atoms with van der Waals surface area (Å²) in [7, 11) is 1.63. The van der Waals surface area contributed by atoms with Gasteiger partial charge < -0.3 is 19.7 Å². The maximum absolute atomic E-state index is 12.3. The second-order valence-corrected chi connectivity index (χ2v) is 5.92. The van der Waals surface area contributed by atoms with Crippen molar-refractivity contribution in [3.63, 3.8) is 0 Å². The Kier molecular flexibility index (Phi) is 5.33. The molecule has 1 aromatic heterocycles. The van der Waals surface area contributed by atoms with Gasteiger partial charge in [-0.2, -0.15) is 4.98 Å². The summed E-state index contributed by atoms with van der Waals surface area (Å²) in [5.41, 5.74) is 1.03. The van der Waals surface area contributed by atoms with Crippen LogP contribution in [0.2, 0.25) is 0 Å². The van der Waals surface area contributed by atoms with E-state index in [2.05, 4.69) is 15.3 Å². The van der Waals surface area contributed by atoms with Gasteiger partial charge in [-0.1, -0.05) is 12.1 Å². The Morgan fingerprint density at radius 3 is 2.84 bits per heavy atom. The quantitative estimate of drug-likeness (QED) is 0.901. The van der Waals surface area contributed by atoms with Gasteiger partial charge in [-0.15, -0.1) is 0 Å². The number of nitrogens with zero attached hydrogens (tertiary/aromatic N) is 3. The van der Waals surface area contributed by atoms with Crippen molar-refractivity contribution in [2.24, 2.45) is 0 Å². The number of likely N-dealkylation sites (tertiary alicyclic amines) is 1. The van der Waals surface area contributed by atoms with Crippen molar-refractivity contribution in [1.29, 1.82) is 0 Å². The fourth-order valence-electron chi connectivity index (χ4n) is 2.71. The van der Waals surface area contributed by atoms with Crippen LogP contribution < -0.4 is 14.8 Å². The van der Waals surface area contributed by atoms with E-state index in [1.807, 2.05) is 31.2 Å².